The van der Waals surface area contributed by atoms with Gasteiger partial charge in [-0.15, -0.1) is 11.8 Å². The van der Waals surface area contributed by atoms with Crippen molar-refractivity contribution >= 4 is 17.7 Å². The van der Waals surface area contributed by atoms with E-state index in [1.54, 1.807) is 36.2 Å². The molecule has 20 heavy (non-hydrogen) atoms. The van der Waals surface area contributed by atoms with Crippen molar-refractivity contribution in [2.45, 2.75) is 11.4 Å². The number of nitrogens with zero attached hydrogens (tertiary/aromatic N) is 2. The minimum Gasteiger partial charge on any atom is -0.494 e. The molecule has 6 heteroatoms. The van der Waals surface area contributed by atoms with Gasteiger partial charge in [0.2, 0.25) is 0 Å². The molecule has 0 fully saturated rings. The molecule has 0 spiro atoms. The molecule has 1 aromatic carbocycles. The van der Waals surface area contributed by atoms with E-state index in [0.29, 0.717) is 12.4 Å². The number of hydrogen-bond donors (Lipinski definition) is 1. The van der Waals surface area contributed by atoms with Crippen LogP contribution >= 0.6 is 11.8 Å². The van der Waals surface area contributed by atoms with Crippen LogP contribution in [0.15, 0.2) is 47.9 Å². The van der Waals surface area contributed by atoms with Crippen LogP contribution in [-0.4, -0.2) is 33.4 Å². The van der Waals surface area contributed by atoms with Crippen molar-refractivity contribution < 1.29 is 14.6 Å². The van der Waals surface area contributed by atoms with Gasteiger partial charge in [0.1, 0.15) is 12.1 Å². The summed E-state index contributed by atoms with van der Waals surface area (Å²) in [5.41, 5.74) is 0.234. The molecule has 2 rings (SSSR count). The average Bonchev–Trinajstić information content (AvgIpc) is 2.48. The zero-order chi connectivity index (χ0) is 14.2. The van der Waals surface area contributed by atoms with Crippen LogP contribution in [0, 0.1) is 0 Å². The van der Waals surface area contributed by atoms with Crippen LogP contribution in [0.1, 0.15) is 16.8 Å². The van der Waals surface area contributed by atoms with Gasteiger partial charge in [-0.3, -0.25) is 0 Å². The summed E-state index contributed by atoms with van der Waals surface area (Å²) in [4.78, 5) is 18.8. The third-order valence-corrected chi connectivity index (χ3v) is 3.47. The molecule has 0 radical (unpaired) electrons. The Morgan fingerprint density at radius 1 is 1.35 bits per heavy atom. The van der Waals surface area contributed by atoms with Gasteiger partial charge in [-0.05, 0) is 30.7 Å². The van der Waals surface area contributed by atoms with Crippen molar-refractivity contribution in [1.29, 1.82) is 0 Å². The van der Waals surface area contributed by atoms with E-state index in [1.165, 1.54) is 12.4 Å². The van der Waals surface area contributed by atoms with Crippen LogP contribution in [0.3, 0.4) is 0 Å². The molecule has 1 N–H and O–H groups in total. The Morgan fingerprint density at radius 2 is 2.25 bits per heavy atom. The molecule has 0 aliphatic carbocycles. The van der Waals surface area contributed by atoms with E-state index in [4.69, 9.17) is 9.84 Å². The first kappa shape index (κ1) is 14.3. The first-order valence-electron chi connectivity index (χ1n) is 6.10. The summed E-state index contributed by atoms with van der Waals surface area (Å²) in [6, 6.07) is 8.36. The number of ether oxygens (including phenoxy) is 1. The molecule has 0 aliphatic rings. The summed E-state index contributed by atoms with van der Waals surface area (Å²) >= 11 is 1.64. The van der Waals surface area contributed by atoms with Crippen LogP contribution in [-0.2, 0) is 0 Å². The van der Waals surface area contributed by atoms with Gasteiger partial charge in [0.15, 0.2) is 0 Å². The second-order valence-corrected chi connectivity index (χ2v) is 5.05. The molecule has 104 valence electrons. The molecule has 5 nitrogen and oxygen atoms in total. The zero-order valence-electron chi connectivity index (χ0n) is 10.7. The van der Waals surface area contributed by atoms with Crippen molar-refractivity contribution in [2.24, 2.45) is 0 Å². The maximum Gasteiger partial charge on any atom is 0.335 e. The number of carboxylic acids is 1. The number of carbonyl (C=O) groups is 1. The number of hydrogen-bond acceptors (Lipinski definition) is 5. The normalized spacial score (nSPS) is 10.2. The van der Waals surface area contributed by atoms with Crippen molar-refractivity contribution in [3.8, 4) is 5.75 Å². The summed E-state index contributed by atoms with van der Waals surface area (Å²) in [6.07, 6.45) is 4.09. The lowest BCUT2D eigenvalue weighted by Gasteiger charge is -2.06. The van der Waals surface area contributed by atoms with Gasteiger partial charge in [0.05, 0.1) is 17.2 Å². The van der Waals surface area contributed by atoms with E-state index >= 15 is 0 Å². The van der Waals surface area contributed by atoms with Gasteiger partial charge in [0, 0.05) is 11.9 Å². The number of rotatable bonds is 7. The van der Waals surface area contributed by atoms with Gasteiger partial charge in [0.25, 0.3) is 0 Å². The van der Waals surface area contributed by atoms with E-state index in [1.807, 2.05) is 6.07 Å². The van der Waals surface area contributed by atoms with Crippen LogP contribution in [0.4, 0.5) is 0 Å². The fraction of sp³-hybridized carbons (Fsp3) is 0.214. The van der Waals surface area contributed by atoms with E-state index in [9.17, 15) is 4.79 Å². The molecule has 0 atom stereocenters. The van der Waals surface area contributed by atoms with E-state index in [0.717, 1.165) is 17.2 Å². The Balaban J connectivity index is 1.71. The molecule has 0 bridgehead atoms. The Labute approximate surface area is 121 Å². The second-order valence-electron chi connectivity index (χ2n) is 3.93. The number of benzene rings is 1. The van der Waals surface area contributed by atoms with Gasteiger partial charge in [-0.1, -0.05) is 6.07 Å². The lowest BCUT2D eigenvalue weighted by molar-refractivity contribution is 0.0696. The molecule has 0 amide bonds. The van der Waals surface area contributed by atoms with Crippen LogP contribution in [0.2, 0.25) is 0 Å². The van der Waals surface area contributed by atoms with Gasteiger partial charge >= 0.3 is 5.97 Å². The summed E-state index contributed by atoms with van der Waals surface area (Å²) in [6.45, 7) is 0.543. The minimum atomic E-state index is -0.949. The van der Waals surface area contributed by atoms with Crippen LogP contribution < -0.4 is 4.74 Å². The highest BCUT2D eigenvalue weighted by Crippen LogP contribution is 2.16. The summed E-state index contributed by atoms with van der Waals surface area (Å²) in [7, 11) is 0. The smallest absolute Gasteiger partial charge is 0.335 e. The summed E-state index contributed by atoms with van der Waals surface area (Å²) < 4.78 is 5.53. The number of aromatic nitrogens is 2. The standard InChI is InChI=1S/C14H14N2O3S/c17-14(18)11-3-1-4-12(9-11)19-7-2-8-20-13-5-6-15-10-16-13/h1,3-6,9-10H,2,7-8H2,(H,17,18). The summed E-state index contributed by atoms with van der Waals surface area (Å²) in [5.74, 6) is 0.516. The highest BCUT2D eigenvalue weighted by atomic mass is 32.2. The minimum absolute atomic E-state index is 0.234. The number of carboxylic acid groups (broad SMARTS) is 1. The fourth-order valence-electron chi connectivity index (χ4n) is 1.51. The van der Waals surface area contributed by atoms with Gasteiger partial charge < -0.3 is 9.84 Å². The molecule has 0 unspecified atom stereocenters. The quantitative estimate of drug-likeness (QED) is 0.480. The Kier molecular flexibility index (Phi) is 5.37. The van der Waals surface area contributed by atoms with Crippen molar-refractivity contribution in [1.82, 2.24) is 9.97 Å². The first-order valence-corrected chi connectivity index (χ1v) is 7.09. The largest absolute Gasteiger partial charge is 0.494 e. The third-order valence-electron chi connectivity index (χ3n) is 2.44. The molecule has 1 aromatic heterocycles. The van der Waals surface area contributed by atoms with E-state index in [2.05, 4.69) is 9.97 Å². The third kappa shape index (κ3) is 4.55. The highest BCUT2D eigenvalue weighted by Gasteiger charge is 2.03. The monoisotopic (exact) mass is 290 g/mol. The lowest BCUT2D eigenvalue weighted by Crippen LogP contribution is -2.01. The molecule has 0 aliphatic heterocycles. The molecular formula is C14H14N2O3S. The molecule has 2 aromatic rings. The second kappa shape index (κ2) is 7.49. The van der Waals surface area contributed by atoms with Crippen LogP contribution in [0.5, 0.6) is 5.75 Å². The Bertz CT molecular complexity index is 563. The Hall–Kier alpha value is -2.08. The zero-order valence-corrected chi connectivity index (χ0v) is 11.5. The topological polar surface area (TPSA) is 72.3 Å². The fourth-order valence-corrected chi connectivity index (χ4v) is 2.26. The van der Waals surface area contributed by atoms with Crippen molar-refractivity contribution in [2.75, 3.05) is 12.4 Å². The maximum atomic E-state index is 10.8. The molecule has 0 saturated carbocycles. The molecule has 1 heterocycles. The average molecular weight is 290 g/mol. The number of thioether (sulfide) groups is 1. The van der Waals surface area contributed by atoms with Crippen LogP contribution in [0.25, 0.3) is 0 Å². The highest BCUT2D eigenvalue weighted by molar-refractivity contribution is 7.99. The molecular weight excluding hydrogens is 276 g/mol. The predicted octanol–water partition coefficient (Wildman–Crippen LogP) is 2.74. The van der Waals surface area contributed by atoms with E-state index in [-0.39, 0.29) is 5.56 Å². The van der Waals surface area contributed by atoms with Gasteiger partial charge in [-0.2, -0.15) is 0 Å². The number of aromatic carboxylic acids is 1. The SMILES string of the molecule is O=C(O)c1cccc(OCCCSc2ccncn2)c1. The molecule has 0 saturated heterocycles. The first-order chi connectivity index (χ1) is 9.75. The van der Waals surface area contributed by atoms with Crippen molar-refractivity contribution in [3.05, 3.63) is 48.4 Å². The van der Waals surface area contributed by atoms with E-state index < -0.39 is 5.97 Å². The lowest BCUT2D eigenvalue weighted by atomic mass is 10.2. The Morgan fingerprint density at radius 3 is 3.00 bits per heavy atom. The van der Waals surface area contributed by atoms with Gasteiger partial charge in [-0.25, -0.2) is 14.8 Å². The maximum absolute atomic E-state index is 10.8. The summed E-state index contributed by atoms with van der Waals surface area (Å²) in [5, 5.41) is 9.81. The van der Waals surface area contributed by atoms with Crippen molar-refractivity contribution in [3.63, 3.8) is 0 Å². The predicted molar refractivity (Wildman–Crippen MR) is 76.3 cm³/mol.